The molecule has 0 radical (unpaired) electrons. The second kappa shape index (κ2) is 8.41. The number of phenols is 1. The van der Waals surface area contributed by atoms with Crippen LogP contribution >= 0.6 is 0 Å². The summed E-state index contributed by atoms with van der Waals surface area (Å²) in [7, 11) is 1.39. The quantitative estimate of drug-likeness (QED) is 0.756. The number of amides is 1. The minimum absolute atomic E-state index is 0.0206. The minimum atomic E-state index is -0.363. The van der Waals surface area contributed by atoms with Gasteiger partial charge in [-0.15, -0.1) is 0 Å². The van der Waals surface area contributed by atoms with Gasteiger partial charge in [0.1, 0.15) is 11.8 Å². The summed E-state index contributed by atoms with van der Waals surface area (Å²) in [6.45, 7) is 7.83. The Morgan fingerprint density at radius 2 is 1.93 bits per heavy atom. The lowest BCUT2D eigenvalue weighted by Crippen LogP contribution is -2.39. The molecular formula is C23H30N2O4. The van der Waals surface area contributed by atoms with Crippen LogP contribution in [-0.2, 0) is 9.53 Å². The van der Waals surface area contributed by atoms with E-state index in [1.165, 1.54) is 7.11 Å². The maximum atomic E-state index is 12.8. The molecule has 0 aromatic heterocycles. The number of methoxy groups -OCH3 is 1. The number of carbonyl (C=O) groups excluding carboxylic acids is 2. The maximum absolute atomic E-state index is 12.8. The molecule has 3 rings (SSSR count). The van der Waals surface area contributed by atoms with Crippen LogP contribution in [0.2, 0.25) is 0 Å². The highest BCUT2D eigenvalue weighted by Crippen LogP contribution is 2.29. The third-order valence-corrected chi connectivity index (χ3v) is 5.51. The van der Waals surface area contributed by atoms with E-state index in [0.29, 0.717) is 18.4 Å². The highest BCUT2D eigenvalue weighted by molar-refractivity contribution is 6.03. The van der Waals surface area contributed by atoms with E-state index in [2.05, 4.69) is 31.0 Å². The molecule has 0 unspecified atom stereocenters. The SMILES string of the molecule is COC(=O)[C@@H]1C[C@H](NC(=O)c2ccc3ccccc3c2O)CN1CCC(C)(C)C. The third-order valence-electron chi connectivity index (χ3n) is 5.51. The van der Waals surface area contributed by atoms with Crippen LogP contribution in [0.25, 0.3) is 10.8 Å². The van der Waals surface area contributed by atoms with Crippen LogP contribution in [0, 0.1) is 5.41 Å². The normalized spacial score (nSPS) is 20.0. The van der Waals surface area contributed by atoms with Crippen molar-refractivity contribution >= 4 is 22.6 Å². The molecule has 0 saturated carbocycles. The number of aromatic hydroxyl groups is 1. The summed E-state index contributed by atoms with van der Waals surface area (Å²) in [6.07, 6.45) is 1.43. The van der Waals surface area contributed by atoms with Gasteiger partial charge in [0.15, 0.2) is 0 Å². The van der Waals surface area contributed by atoms with Crippen molar-refractivity contribution in [1.82, 2.24) is 10.2 Å². The standard InChI is InChI=1S/C23H30N2O4/c1-23(2,3)11-12-25-14-16(13-19(25)22(28)29-4)24-21(27)18-10-9-15-7-5-6-8-17(15)20(18)26/h5-10,16,19,26H,11-14H2,1-4H3,(H,24,27)/t16-,19-/m0/s1. The maximum Gasteiger partial charge on any atom is 0.323 e. The number of ether oxygens (including phenoxy) is 1. The minimum Gasteiger partial charge on any atom is -0.506 e. The van der Waals surface area contributed by atoms with E-state index in [0.717, 1.165) is 18.4 Å². The number of carbonyl (C=O) groups is 2. The number of rotatable bonds is 5. The van der Waals surface area contributed by atoms with Gasteiger partial charge in [-0.05, 0) is 36.3 Å². The fourth-order valence-electron chi connectivity index (χ4n) is 3.82. The van der Waals surface area contributed by atoms with Gasteiger partial charge in [-0.2, -0.15) is 0 Å². The van der Waals surface area contributed by atoms with Crippen LogP contribution in [-0.4, -0.2) is 54.2 Å². The molecule has 2 N–H and O–H groups in total. The van der Waals surface area contributed by atoms with Gasteiger partial charge in [0.25, 0.3) is 5.91 Å². The van der Waals surface area contributed by atoms with E-state index >= 15 is 0 Å². The van der Waals surface area contributed by atoms with E-state index in [1.807, 2.05) is 24.3 Å². The number of benzene rings is 2. The Bertz CT molecular complexity index is 903. The number of esters is 1. The van der Waals surface area contributed by atoms with Gasteiger partial charge in [0.2, 0.25) is 0 Å². The predicted octanol–water partition coefficient (Wildman–Crippen LogP) is 3.33. The van der Waals surface area contributed by atoms with Crippen molar-refractivity contribution < 1.29 is 19.4 Å². The van der Waals surface area contributed by atoms with Gasteiger partial charge in [-0.1, -0.05) is 51.1 Å². The van der Waals surface area contributed by atoms with Crippen LogP contribution in [0.15, 0.2) is 36.4 Å². The largest absolute Gasteiger partial charge is 0.506 e. The molecule has 29 heavy (non-hydrogen) atoms. The molecule has 1 heterocycles. The van der Waals surface area contributed by atoms with Crippen molar-refractivity contribution in [3.63, 3.8) is 0 Å². The van der Waals surface area contributed by atoms with Crippen molar-refractivity contribution in [2.45, 2.75) is 45.7 Å². The summed E-state index contributed by atoms with van der Waals surface area (Å²) in [5.74, 6) is -0.628. The Morgan fingerprint density at radius 1 is 1.21 bits per heavy atom. The number of nitrogens with one attached hydrogen (secondary N) is 1. The zero-order chi connectivity index (χ0) is 21.2. The van der Waals surface area contributed by atoms with Gasteiger partial charge in [0.05, 0.1) is 12.7 Å². The Labute approximate surface area is 171 Å². The van der Waals surface area contributed by atoms with Crippen molar-refractivity contribution in [1.29, 1.82) is 0 Å². The number of fused-ring (bicyclic) bond motifs is 1. The van der Waals surface area contributed by atoms with Crippen LogP contribution in [0.3, 0.4) is 0 Å². The molecular weight excluding hydrogens is 368 g/mol. The lowest BCUT2D eigenvalue weighted by Gasteiger charge is -2.26. The molecule has 6 nitrogen and oxygen atoms in total. The lowest BCUT2D eigenvalue weighted by atomic mass is 9.92. The van der Waals surface area contributed by atoms with E-state index in [1.54, 1.807) is 12.1 Å². The van der Waals surface area contributed by atoms with Crippen LogP contribution < -0.4 is 5.32 Å². The first-order chi connectivity index (χ1) is 13.7. The molecule has 156 valence electrons. The number of phenolic OH excluding ortho intramolecular Hbond substituents is 1. The van der Waals surface area contributed by atoms with Crippen LogP contribution in [0.1, 0.15) is 44.0 Å². The van der Waals surface area contributed by atoms with Crippen LogP contribution in [0.5, 0.6) is 5.75 Å². The average molecular weight is 399 g/mol. The zero-order valence-electron chi connectivity index (χ0n) is 17.6. The number of nitrogens with zero attached hydrogens (tertiary/aromatic N) is 1. The summed E-state index contributed by atoms with van der Waals surface area (Å²) in [4.78, 5) is 27.1. The topological polar surface area (TPSA) is 78.9 Å². The molecule has 0 spiro atoms. The molecule has 1 saturated heterocycles. The Balaban J connectivity index is 1.73. The summed E-state index contributed by atoms with van der Waals surface area (Å²) in [6, 6.07) is 10.3. The molecule has 2 atom stereocenters. The summed E-state index contributed by atoms with van der Waals surface area (Å²) in [5.41, 5.74) is 0.394. The molecule has 1 aliphatic heterocycles. The molecule has 1 amide bonds. The number of hydrogen-bond acceptors (Lipinski definition) is 5. The Kier molecular flexibility index (Phi) is 6.13. The first kappa shape index (κ1) is 21.1. The monoisotopic (exact) mass is 398 g/mol. The number of likely N-dealkylation sites (tertiary alicyclic amines) is 1. The molecule has 0 aliphatic carbocycles. The second-order valence-electron chi connectivity index (χ2n) is 8.93. The molecule has 1 aliphatic rings. The lowest BCUT2D eigenvalue weighted by molar-refractivity contribution is -0.145. The first-order valence-corrected chi connectivity index (χ1v) is 10.0. The first-order valence-electron chi connectivity index (χ1n) is 10.0. The molecule has 0 bridgehead atoms. The summed E-state index contributed by atoms with van der Waals surface area (Å²) >= 11 is 0. The fraction of sp³-hybridized carbons (Fsp3) is 0.478. The average Bonchev–Trinajstić information content (AvgIpc) is 3.08. The Hall–Kier alpha value is -2.60. The molecule has 2 aromatic rings. The predicted molar refractivity (Wildman–Crippen MR) is 113 cm³/mol. The fourth-order valence-corrected chi connectivity index (χ4v) is 3.82. The smallest absolute Gasteiger partial charge is 0.323 e. The van der Waals surface area contributed by atoms with E-state index in [-0.39, 0.29) is 40.7 Å². The van der Waals surface area contributed by atoms with Gasteiger partial charge in [-0.25, -0.2) is 0 Å². The third kappa shape index (κ3) is 4.88. The van der Waals surface area contributed by atoms with Gasteiger partial charge in [-0.3, -0.25) is 14.5 Å². The van der Waals surface area contributed by atoms with Gasteiger partial charge >= 0.3 is 5.97 Å². The highest BCUT2D eigenvalue weighted by Gasteiger charge is 2.38. The zero-order valence-corrected chi connectivity index (χ0v) is 17.6. The number of hydrogen-bond donors (Lipinski definition) is 2. The van der Waals surface area contributed by atoms with E-state index in [4.69, 9.17) is 4.74 Å². The van der Waals surface area contributed by atoms with E-state index in [9.17, 15) is 14.7 Å². The van der Waals surface area contributed by atoms with Crippen molar-refractivity contribution in [3.05, 3.63) is 42.0 Å². The van der Waals surface area contributed by atoms with Crippen LogP contribution in [0.4, 0.5) is 0 Å². The van der Waals surface area contributed by atoms with Gasteiger partial charge < -0.3 is 15.2 Å². The van der Waals surface area contributed by atoms with Crippen molar-refractivity contribution in [2.75, 3.05) is 20.2 Å². The molecule has 1 fully saturated rings. The van der Waals surface area contributed by atoms with Crippen molar-refractivity contribution in [3.8, 4) is 5.75 Å². The highest BCUT2D eigenvalue weighted by atomic mass is 16.5. The Morgan fingerprint density at radius 3 is 2.62 bits per heavy atom. The summed E-state index contributed by atoms with van der Waals surface area (Å²) < 4.78 is 4.97. The second-order valence-corrected chi connectivity index (χ2v) is 8.93. The van der Waals surface area contributed by atoms with Gasteiger partial charge in [0, 0.05) is 18.0 Å². The summed E-state index contributed by atoms with van der Waals surface area (Å²) in [5, 5.41) is 15.1. The molecule has 2 aromatic carbocycles. The molecule has 6 heteroatoms. The van der Waals surface area contributed by atoms with E-state index < -0.39 is 0 Å². The van der Waals surface area contributed by atoms with Crippen molar-refractivity contribution in [2.24, 2.45) is 5.41 Å².